The highest BCUT2D eigenvalue weighted by molar-refractivity contribution is 7.92. The molecule has 182 valence electrons. The third kappa shape index (κ3) is 6.81. The molecule has 11 heteroatoms. The van der Waals surface area contributed by atoms with Crippen molar-refractivity contribution in [3.8, 4) is 5.75 Å². The standard InChI is InChI=1S/C24H23N3O7S/c1-16-7-9-17(10-8-16)23(29)26-25-22(28)15-34-24(30)20-5-3-4-6-21(20)27-35(31,32)19-13-11-18(33-2)12-14-19/h3-14,27H,15H2,1-2H3,(H,25,28)(H,26,29). The number of sulfonamides is 1. The Balaban J connectivity index is 1.59. The van der Waals surface area contributed by atoms with Crippen molar-refractivity contribution in [1.29, 1.82) is 0 Å². The van der Waals surface area contributed by atoms with Crippen LogP contribution in [0.15, 0.2) is 77.7 Å². The van der Waals surface area contributed by atoms with Gasteiger partial charge in [-0.05, 0) is 55.5 Å². The number of benzene rings is 3. The Hall–Kier alpha value is -4.38. The van der Waals surface area contributed by atoms with Crippen LogP contribution in [0.2, 0.25) is 0 Å². The van der Waals surface area contributed by atoms with Gasteiger partial charge in [-0.3, -0.25) is 25.2 Å². The van der Waals surface area contributed by atoms with Crippen molar-refractivity contribution in [2.75, 3.05) is 18.4 Å². The van der Waals surface area contributed by atoms with Gasteiger partial charge in [0.05, 0.1) is 23.3 Å². The normalized spacial score (nSPS) is 10.7. The summed E-state index contributed by atoms with van der Waals surface area (Å²) in [7, 11) is -2.55. The first kappa shape index (κ1) is 25.2. The van der Waals surface area contributed by atoms with Gasteiger partial charge in [0.15, 0.2) is 6.61 Å². The molecule has 0 atom stereocenters. The van der Waals surface area contributed by atoms with E-state index in [1.54, 1.807) is 24.3 Å². The number of hydrogen-bond donors (Lipinski definition) is 3. The number of rotatable bonds is 8. The van der Waals surface area contributed by atoms with Crippen LogP contribution >= 0.6 is 0 Å². The van der Waals surface area contributed by atoms with E-state index in [2.05, 4.69) is 15.6 Å². The first-order chi connectivity index (χ1) is 16.7. The maximum Gasteiger partial charge on any atom is 0.340 e. The van der Waals surface area contributed by atoms with Crippen molar-refractivity contribution >= 4 is 33.5 Å². The minimum atomic E-state index is -4.01. The Morgan fingerprint density at radius 1 is 0.857 bits per heavy atom. The number of hydrazine groups is 1. The molecular formula is C24H23N3O7S. The molecule has 3 aromatic carbocycles. The highest BCUT2D eigenvalue weighted by Crippen LogP contribution is 2.22. The lowest BCUT2D eigenvalue weighted by Crippen LogP contribution is -2.43. The van der Waals surface area contributed by atoms with Crippen molar-refractivity contribution in [3.63, 3.8) is 0 Å². The molecule has 0 unspecified atom stereocenters. The van der Waals surface area contributed by atoms with Gasteiger partial charge in [-0.25, -0.2) is 13.2 Å². The second-order valence-corrected chi connectivity index (χ2v) is 8.95. The van der Waals surface area contributed by atoms with Crippen LogP contribution in [-0.4, -0.2) is 39.9 Å². The number of amides is 2. The van der Waals surface area contributed by atoms with E-state index in [1.807, 2.05) is 6.92 Å². The zero-order chi connectivity index (χ0) is 25.4. The smallest absolute Gasteiger partial charge is 0.340 e. The fourth-order valence-corrected chi connectivity index (χ4v) is 3.94. The highest BCUT2D eigenvalue weighted by atomic mass is 32.2. The van der Waals surface area contributed by atoms with E-state index in [0.29, 0.717) is 11.3 Å². The van der Waals surface area contributed by atoms with Crippen LogP contribution < -0.4 is 20.3 Å². The Kier molecular flexibility index (Phi) is 8.05. The summed E-state index contributed by atoms with van der Waals surface area (Å²) in [6.07, 6.45) is 0. The van der Waals surface area contributed by atoms with Gasteiger partial charge in [0.25, 0.3) is 21.8 Å². The third-order valence-corrected chi connectivity index (χ3v) is 6.11. The number of anilines is 1. The number of methoxy groups -OCH3 is 1. The number of aryl methyl sites for hydroxylation is 1. The minimum absolute atomic E-state index is 0.0265. The van der Waals surface area contributed by atoms with Crippen LogP contribution in [0, 0.1) is 6.92 Å². The lowest BCUT2D eigenvalue weighted by molar-refractivity contribution is -0.125. The van der Waals surface area contributed by atoms with E-state index in [-0.39, 0.29) is 16.1 Å². The summed E-state index contributed by atoms with van der Waals surface area (Å²) in [5, 5.41) is 0. The molecule has 35 heavy (non-hydrogen) atoms. The van der Waals surface area contributed by atoms with Gasteiger partial charge in [0, 0.05) is 5.56 Å². The molecule has 0 bridgehead atoms. The second-order valence-electron chi connectivity index (χ2n) is 7.27. The molecule has 0 heterocycles. The molecular weight excluding hydrogens is 474 g/mol. The Morgan fingerprint density at radius 2 is 1.51 bits per heavy atom. The van der Waals surface area contributed by atoms with E-state index in [4.69, 9.17) is 9.47 Å². The largest absolute Gasteiger partial charge is 0.497 e. The maximum absolute atomic E-state index is 12.7. The summed E-state index contributed by atoms with van der Waals surface area (Å²) in [5.41, 5.74) is 5.56. The van der Waals surface area contributed by atoms with E-state index >= 15 is 0 Å². The van der Waals surface area contributed by atoms with E-state index < -0.39 is 34.4 Å². The monoisotopic (exact) mass is 497 g/mol. The molecule has 3 N–H and O–H groups in total. The van der Waals surface area contributed by atoms with Crippen molar-refractivity contribution in [2.45, 2.75) is 11.8 Å². The molecule has 3 aromatic rings. The molecule has 3 rings (SSSR count). The number of ether oxygens (including phenoxy) is 2. The minimum Gasteiger partial charge on any atom is -0.497 e. The molecule has 0 radical (unpaired) electrons. The van der Waals surface area contributed by atoms with E-state index in [1.165, 1.54) is 55.6 Å². The molecule has 0 aliphatic heterocycles. The summed E-state index contributed by atoms with van der Waals surface area (Å²) in [6.45, 7) is 1.17. The number of nitrogens with one attached hydrogen (secondary N) is 3. The molecule has 0 aromatic heterocycles. The van der Waals surface area contributed by atoms with Crippen molar-refractivity contribution < 1.29 is 32.3 Å². The number of carbonyl (C=O) groups is 3. The van der Waals surface area contributed by atoms with Crippen LogP contribution in [-0.2, 0) is 19.6 Å². The molecule has 0 saturated heterocycles. The Bertz CT molecular complexity index is 1320. The number of hydrogen-bond acceptors (Lipinski definition) is 7. The zero-order valence-electron chi connectivity index (χ0n) is 18.9. The van der Waals surface area contributed by atoms with Crippen LogP contribution in [0.3, 0.4) is 0 Å². The van der Waals surface area contributed by atoms with Gasteiger partial charge >= 0.3 is 5.97 Å². The lowest BCUT2D eigenvalue weighted by atomic mass is 10.1. The molecule has 0 spiro atoms. The van der Waals surface area contributed by atoms with Gasteiger partial charge < -0.3 is 9.47 Å². The first-order valence-electron chi connectivity index (χ1n) is 10.3. The quantitative estimate of drug-likeness (QED) is 0.321. The van der Waals surface area contributed by atoms with Crippen LogP contribution in [0.1, 0.15) is 26.3 Å². The molecule has 10 nitrogen and oxygen atoms in total. The second kappa shape index (κ2) is 11.2. The summed E-state index contributed by atoms with van der Waals surface area (Å²) in [5.74, 6) is -1.77. The average molecular weight is 498 g/mol. The van der Waals surface area contributed by atoms with Gasteiger partial charge in [0.2, 0.25) is 0 Å². The van der Waals surface area contributed by atoms with Crippen LogP contribution in [0.25, 0.3) is 0 Å². The summed E-state index contributed by atoms with van der Waals surface area (Å²) < 4.78 is 37.8. The SMILES string of the molecule is COc1ccc(S(=O)(=O)Nc2ccccc2C(=O)OCC(=O)NNC(=O)c2ccc(C)cc2)cc1. The van der Waals surface area contributed by atoms with Crippen molar-refractivity contribution in [3.05, 3.63) is 89.5 Å². The molecule has 0 aliphatic carbocycles. The Labute approximate surface area is 202 Å². The summed E-state index contributed by atoms with van der Waals surface area (Å²) in [4.78, 5) is 36.5. The van der Waals surface area contributed by atoms with Crippen molar-refractivity contribution in [2.24, 2.45) is 0 Å². The van der Waals surface area contributed by atoms with Gasteiger partial charge in [-0.2, -0.15) is 0 Å². The topological polar surface area (TPSA) is 140 Å². The predicted molar refractivity (Wildman–Crippen MR) is 127 cm³/mol. The highest BCUT2D eigenvalue weighted by Gasteiger charge is 2.20. The van der Waals surface area contributed by atoms with Gasteiger partial charge in [-0.15, -0.1) is 0 Å². The average Bonchev–Trinajstić information content (AvgIpc) is 2.86. The number of carbonyl (C=O) groups excluding carboxylic acids is 3. The lowest BCUT2D eigenvalue weighted by Gasteiger charge is -2.13. The fourth-order valence-electron chi connectivity index (χ4n) is 2.86. The van der Waals surface area contributed by atoms with E-state index in [0.717, 1.165) is 5.56 Å². The van der Waals surface area contributed by atoms with Gasteiger partial charge in [0.1, 0.15) is 5.75 Å². The molecule has 0 aliphatic rings. The predicted octanol–water partition coefficient (Wildman–Crippen LogP) is 2.42. The molecule has 0 fully saturated rings. The maximum atomic E-state index is 12.7. The number of para-hydroxylation sites is 1. The fraction of sp³-hybridized carbons (Fsp3) is 0.125. The first-order valence-corrected chi connectivity index (χ1v) is 11.8. The van der Waals surface area contributed by atoms with Crippen molar-refractivity contribution in [1.82, 2.24) is 10.9 Å². The zero-order valence-corrected chi connectivity index (χ0v) is 19.7. The molecule has 2 amide bonds. The van der Waals surface area contributed by atoms with E-state index in [9.17, 15) is 22.8 Å². The van der Waals surface area contributed by atoms with Crippen LogP contribution in [0.4, 0.5) is 5.69 Å². The summed E-state index contributed by atoms with van der Waals surface area (Å²) in [6, 6.07) is 18.2. The summed E-state index contributed by atoms with van der Waals surface area (Å²) >= 11 is 0. The number of esters is 1. The molecule has 0 saturated carbocycles. The van der Waals surface area contributed by atoms with Crippen LogP contribution in [0.5, 0.6) is 5.75 Å². The van der Waals surface area contributed by atoms with Gasteiger partial charge in [-0.1, -0.05) is 29.8 Å². The Morgan fingerprint density at radius 3 is 2.17 bits per heavy atom. The third-order valence-electron chi connectivity index (χ3n) is 4.72.